The second-order valence-corrected chi connectivity index (χ2v) is 11.5. The lowest BCUT2D eigenvalue weighted by Crippen LogP contribution is -2.57. The molecule has 8 nitrogen and oxygen atoms in total. The van der Waals surface area contributed by atoms with Crippen LogP contribution < -0.4 is 4.90 Å². The first-order chi connectivity index (χ1) is 20.4. The molecule has 2 aromatic rings. The molecule has 3 aliphatic heterocycles. The predicted octanol–water partition coefficient (Wildman–Crippen LogP) is 4.87. The summed E-state index contributed by atoms with van der Waals surface area (Å²) in [5.41, 5.74) is 0.0272. The van der Waals surface area contributed by atoms with Crippen LogP contribution in [0.4, 0.5) is 5.69 Å². The Bertz CT molecular complexity index is 1320. The zero-order chi connectivity index (χ0) is 29.9. The molecule has 3 saturated heterocycles. The van der Waals surface area contributed by atoms with Gasteiger partial charge in [0.25, 0.3) is 5.91 Å². The van der Waals surface area contributed by atoms with Crippen molar-refractivity contribution in [3.63, 3.8) is 0 Å². The van der Waals surface area contributed by atoms with Gasteiger partial charge < -0.3 is 24.4 Å². The summed E-state index contributed by atoms with van der Waals surface area (Å²) in [5, 5.41) is 11.2. The molecule has 1 N–H and O–H groups in total. The first kappa shape index (κ1) is 30.0. The Hall–Kier alpha value is -3.46. The zero-order valence-electron chi connectivity index (χ0n) is 23.6. The SMILES string of the molecule is C=CCCCCOC(=O)[C@@H]1[C@H]2C(=O)N([C@H](CO)c3ccccc3)C(C(=O)N(CC=C)c3ccc(Cl)cc3)C23CC[C@H]1O3. The molecule has 1 spiro atoms. The monoisotopic (exact) mass is 592 g/mol. The number of carbonyl (C=O) groups excluding carboxylic acids is 3. The zero-order valence-corrected chi connectivity index (χ0v) is 24.3. The number of halogens is 1. The van der Waals surface area contributed by atoms with Crippen molar-refractivity contribution in [1.82, 2.24) is 4.90 Å². The van der Waals surface area contributed by atoms with Gasteiger partial charge in [-0.25, -0.2) is 0 Å². The van der Waals surface area contributed by atoms with Gasteiger partial charge in [-0.3, -0.25) is 14.4 Å². The number of benzene rings is 2. The summed E-state index contributed by atoms with van der Waals surface area (Å²) in [6.07, 6.45) is 6.22. The molecule has 222 valence electrons. The van der Waals surface area contributed by atoms with E-state index in [2.05, 4.69) is 13.2 Å². The molecule has 0 aromatic heterocycles. The van der Waals surface area contributed by atoms with Crippen molar-refractivity contribution in [3.05, 3.63) is 90.5 Å². The van der Waals surface area contributed by atoms with Gasteiger partial charge in [-0.15, -0.1) is 13.2 Å². The lowest BCUT2D eigenvalue weighted by atomic mass is 9.70. The fraction of sp³-hybridized carbons (Fsp3) is 0.424. The Morgan fingerprint density at radius 3 is 2.55 bits per heavy atom. The number of hydrogen-bond donors (Lipinski definition) is 1. The summed E-state index contributed by atoms with van der Waals surface area (Å²) >= 11 is 6.13. The van der Waals surface area contributed by atoms with E-state index < -0.39 is 48.2 Å². The number of aliphatic hydroxyl groups is 1. The molecule has 2 bridgehead atoms. The van der Waals surface area contributed by atoms with E-state index in [1.807, 2.05) is 36.4 Å². The van der Waals surface area contributed by atoms with E-state index >= 15 is 0 Å². The summed E-state index contributed by atoms with van der Waals surface area (Å²) in [4.78, 5) is 45.6. The van der Waals surface area contributed by atoms with Gasteiger partial charge in [0.15, 0.2) is 0 Å². The number of amides is 2. The van der Waals surface area contributed by atoms with Crippen LogP contribution in [-0.4, -0.2) is 65.3 Å². The van der Waals surface area contributed by atoms with Crippen molar-refractivity contribution in [2.75, 3.05) is 24.7 Å². The Balaban J connectivity index is 1.55. The van der Waals surface area contributed by atoms with E-state index in [4.69, 9.17) is 21.1 Å². The number of aliphatic hydroxyl groups excluding tert-OH is 1. The molecule has 2 amide bonds. The molecule has 42 heavy (non-hydrogen) atoms. The highest BCUT2D eigenvalue weighted by atomic mass is 35.5. The van der Waals surface area contributed by atoms with Crippen molar-refractivity contribution < 1.29 is 29.0 Å². The van der Waals surface area contributed by atoms with E-state index in [-0.39, 0.29) is 25.0 Å². The Morgan fingerprint density at radius 1 is 1.14 bits per heavy atom. The van der Waals surface area contributed by atoms with Crippen LogP contribution in [0, 0.1) is 11.8 Å². The van der Waals surface area contributed by atoms with E-state index in [0.717, 1.165) is 12.8 Å². The Morgan fingerprint density at radius 2 is 1.88 bits per heavy atom. The molecule has 3 fully saturated rings. The summed E-state index contributed by atoms with van der Waals surface area (Å²) < 4.78 is 12.2. The van der Waals surface area contributed by atoms with E-state index in [1.54, 1.807) is 35.2 Å². The maximum atomic E-state index is 14.7. The van der Waals surface area contributed by atoms with Crippen LogP contribution in [0.25, 0.3) is 0 Å². The molecule has 3 aliphatic rings. The number of esters is 1. The number of likely N-dealkylation sites (tertiary alicyclic amines) is 1. The third-order valence-corrected chi connectivity index (χ3v) is 8.95. The largest absolute Gasteiger partial charge is 0.465 e. The van der Waals surface area contributed by atoms with E-state index in [9.17, 15) is 19.5 Å². The molecular weight excluding hydrogens is 556 g/mol. The van der Waals surface area contributed by atoms with Gasteiger partial charge in [-0.05, 0) is 61.9 Å². The molecule has 3 heterocycles. The van der Waals surface area contributed by atoms with Crippen molar-refractivity contribution in [2.45, 2.75) is 55.9 Å². The average Bonchev–Trinajstić information content (AvgIpc) is 3.65. The van der Waals surface area contributed by atoms with Gasteiger partial charge in [-0.2, -0.15) is 0 Å². The molecule has 6 atom stereocenters. The smallest absolute Gasteiger partial charge is 0.312 e. The number of ether oxygens (including phenoxy) is 2. The van der Waals surface area contributed by atoms with Crippen molar-refractivity contribution in [2.24, 2.45) is 11.8 Å². The van der Waals surface area contributed by atoms with Crippen LogP contribution in [0.3, 0.4) is 0 Å². The van der Waals surface area contributed by atoms with E-state index in [1.165, 1.54) is 4.90 Å². The lowest BCUT2D eigenvalue weighted by molar-refractivity contribution is -0.156. The summed E-state index contributed by atoms with van der Waals surface area (Å²) in [6.45, 7) is 7.56. The van der Waals surface area contributed by atoms with Crippen molar-refractivity contribution in [3.8, 4) is 0 Å². The van der Waals surface area contributed by atoms with Crippen LogP contribution in [0.1, 0.15) is 43.7 Å². The molecule has 9 heteroatoms. The van der Waals surface area contributed by atoms with Crippen LogP contribution in [0.2, 0.25) is 5.02 Å². The number of anilines is 1. The molecule has 0 radical (unpaired) electrons. The Kier molecular flexibility index (Phi) is 9.16. The quantitative estimate of drug-likeness (QED) is 0.203. The third kappa shape index (κ3) is 5.27. The minimum atomic E-state index is -1.24. The topological polar surface area (TPSA) is 96.4 Å². The van der Waals surface area contributed by atoms with Gasteiger partial charge in [0, 0.05) is 17.3 Å². The molecule has 0 saturated carbocycles. The lowest BCUT2D eigenvalue weighted by Gasteiger charge is -2.39. The number of allylic oxidation sites excluding steroid dienone is 1. The number of nitrogens with zero attached hydrogens (tertiary/aromatic N) is 2. The molecule has 2 unspecified atom stereocenters. The van der Waals surface area contributed by atoms with Crippen molar-refractivity contribution >= 4 is 35.1 Å². The average molecular weight is 593 g/mol. The number of rotatable bonds is 13. The highest BCUT2D eigenvalue weighted by Crippen LogP contribution is 2.60. The van der Waals surface area contributed by atoms with Gasteiger partial charge >= 0.3 is 5.97 Å². The van der Waals surface area contributed by atoms with Crippen molar-refractivity contribution in [1.29, 1.82) is 0 Å². The standard InChI is InChI=1S/C33H37ClN2O6/c1-3-5-6-10-20-41-32(40)27-26-17-18-33(42-26)28(27)30(38)36(25(21-37)22-11-8-7-9-12-22)29(33)31(39)35(19-4-2)24-15-13-23(34)14-16-24/h3-4,7-9,11-16,25-29,37H,1-2,5-6,10,17-21H2/t25-,26-,27+,28+,29?,33?/m1/s1. The predicted molar refractivity (Wildman–Crippen MR) is 160 cm³/mol. The highest BCUT2D eigenvalue weighted by Gasteiger charge is 2.75. The fourth-order valence-corrected chi connectivity index (χ4v) is 7.01. The normalized spacial score (nSPS) is 26.5. The number of unbranched alkanes of at least 4 members (excludes halogenated alkanes) is 2. The summed E-state index contributed by atoms with van der Waals surface area (Å²) in [5.74, 6) is -2.97. The first-order valence-corrected chi connectivity index (χ1v) is 14.9. The molecule has 5 rings (SSSR count). The number of fused-ring (bicyclic) bond motifs is 1. The van der Waals surface area contributed by atoms with E-state index in [0.29, 0.717) is 35.5 Å². The first-order valence-electron chi connectivity index (χ1n) is 14.5. The minimum absolute atomic E-state index is 0.175. The number of hydrogen-bond acceptors (Lipinski definition) is 6. The van der Waals surface area contributed by atoms with Crippen LogP contribution >= 0.6 is 11.6 Å². The molecule has 0 aliphatic carbocycles. The van der Waals surface area contributed by atoms with Gasteiger partial charge in [0.1, 0.15) is 11.6 Å². The minimum Gasteiger partial charge on any atom is -0.465 e. The molecular formula is C33H37ClN2O6. The van der Waals surface area contributed by atoms with Gasteiger partial charge in [-0.1, -0.05) is 54.1 Å². The maximum absolute atomic E-state index is 14.7. The number of carbonyl (C=O) groups is 3. The summed E-state index contributed by atoms with van der Waals surface area (Å²) in [7, 11) is 0. The maximum Gasteiger partial charge on any atom is 0.312 e. The second kappa shape index (κ2) is 12.8. The van der Waals surface area contributed by atoms with Gasteiger partial charge in [0.2, 0.25) is 5.91 Å². The third-order valence-electron chi connectivity index (χ3n) is 8.70. The van der Waals surface area contributed by atoms with Crippen LogP contribution in [0.5, 0.6) is 0 Å². The fourth-order valence-electron chi connectivity index (χ4n) is 6.88. The second-order valence-electron chi connectivity index (χ2n) is 11.1. The van der Waals surface area contributed by atoms with Gasteiger partial charge in [0.05, 0.1) is 37.2 Å². The van der Waals surface area contributed by atoms with Crippen LogP contribution in [-0.2, 0) is 23.9 Å². The molecule has 2 aromatic carbocycles. The Labute approximate surface area is 251 Å². The summed E-state index contributed by atoms with van der Waals surface area (Å²) in [6, 6.07) is 14.1. The highest BCUT2D eigenvalue weighted by molar-refractivity contribution is 6.30. The van der Waals surface area contributed by atoms with Crippen LogP contribution in [0.15, 0.2) is 79.9 Å².